The van der Waals surface area contributed by atoms with Crippen LogP contribution in [-0.2, 0) is 0 Å². The molecular weight excluding hydrogens is 283 g/mol. The van der Waals surface area contributed by atoms with E-state index in [1.54, 1.807) is 0 Å². The molecule has 2 rings (SSSR count). The topological polar surface area (TPSA) is 0 Å². The van der Waals surface area contributed by atoms with Crippen molar-refractivity contribution in [2.24, 2.45) is 0 Å². The van der Waals surface area contributed by atoms with Gasteiger partial charge in [-0.05, 0) is 24.3 Å². The van der Waals surface area contributed by atoms with E-state index in [0.717, 1.165) is 0 Å². The van der Waals surface area contributed by atoms with Gasteiger partial charge in [0, 0.05) is 0 Å². The Morgan fingerprint density at radius 3 is 1.29 bits per heavy atom. The van der Waals surface area contributed by atoms with Gasteiger partial charge >= 0.3 is 21.2 Å². The molecule has 0 saturated carbocycles. The Labute approximate surface area is 96.2 Å². The van der Waals surface area contributed by atoms with Crippen LogP contribution in [0.1, 0.15) is 7.43 Å². The number of hydrogen-bond acceptors (Lipinski definition) is 0. The third kappa shape index (κ3) is 3.14. The molecule has 0 aromatic heterocycles. The van der Waals surface area contributed by atoms with Crippen LogP contribution in [-0.4, -0.2) is 0 Å². The van der Waals surface area contributed by atoms with E-state index in [2.05, 4.69) is 60.7 Å². The molecule has 0 aliphatic rings. The molecule has 0 atom stereocenters. The van der Waals surface area contributed by atoms with Crippen molar-refractivity contribution in [3.63, 3.8) is 0 Å². The van der Waals surface area contributed by atoms with Crippen LogP contribution in [0.25, 0.3) is 0 Å². The van der Waals surface area contributed by atoms with E-state index in [9.17, 15) is 0 Å². The van der Waals surface area contributed by atoms with Crippen LogP contribution in [0.15, 0.2) is 60.7 Å². The van der Waals surface area contributed by atoms with Crippen LogP contribution in [0.3, 0.4) is 0 Å². The summed E-state index contributed by atoms with van der Waals surface area (Å²) in [6, 6.07) is 21.4. The smallest absolute Gasteiger partial charge is 0.0776 e. The van der Waals surface area contributed by atoms with Crippen molar-refractivity contribution < 1.29 is 21.2 Å². The molecule has 1 heteroatoms. The average molecular weight is 297 g/mol. The molecule has 0 radical (unpaired) electrons. The third-order valence-corrected chi connectivity index (χ3v) is 4.37. The molecule has 0 amide bonds. The first-order valence-electron chi connectivity index (χ1n) is 4.20. The fraction of sp³-hybridized carbons (Fsp3) is 0.0769. The summed E-state index contributed by atoms with van der Waals surface area (Å²) >= 11 is 0.0287. The summed E-state index contributed by atoms with van der Waals surface area (Å²) in [5.41, 5.74) is 0. The van der Waals surface area contributed by atoms with E-state index in [-0.39, 0.29) is 28.6 Å². The molecule has 72 valence electrons. The molecular formula is C13H14I+. The van der Waals surface area contributed by atoms with Gasteiger partial charge in [-0.25, -0.2) is 0 Å². The van der Waals surface area contributed by atoms with Crippen LogP contribution in [0.2, 0.25) is 0 Å². The van der Waals surface area contributed by atoms with Crippen molar-refractivity contribution in [2.45, 2.75) is 7.43 Å². The molecule has 0 saturated heterocycles. The van der Waals surface area contributed by atoms with Crippen molar-refractivity contribution in [1.29, 1.82) is 0 Å². The molecule has 0 fully saturated rings. The fourth-order valence-electron chi connectivity index (χ4n) is 1.08. The summed E-state index contributed by atoms with van der Waals surface area (Å²) < 4.78 is 2.96. The Balaban J connectivity index is 0.000000980. The molecule has 0 nitrogen and oxygen atoms in total. The zero-order valence-electron chi connectivity index (χ0n) is 7.15. The van der Waals surface area contributed by atoms with Gasteiger partial charge in [0.1, 0.15) is 0 Å². The van der Waals surface area contributed by atoms with E-state index in [4.69, 9.17) is 0 Å². The Hall–Kier alpha value is -0.830. The second-order valence-electron chi connectivity index (χ2n) is 2.69. The molecule has 0 aliphatic heterocycles. The predicted octanol–water partition coefficient (Wildman–Crippen LogP) is 0.451. The van der Waals surface area contributed by atoms with Gasteiger partial charge in [0.25, 0.3) is 0 Å². The number of rotatable bonds is 2. The first kappa shape index (κ1) is 11.2. The molecule has 14 heavy (non-hydrogen) atoms. The van der Waals surface area contributed by atoms with E-state index >= 15 is 0 Å². The van der Waals surface area contributed by atoms with Crippen molar-refractivity contribution in [3.8, 4) is 0 Å². The molecule has 0 aliphatic carbocycles. The minimum atomic E-state index is 0. The van der Waals surface area contributed by atoms with Gasteiger partial charge < -0.3 is 0 Å². The maximum Gasteiger partial charge on any atom is 0.357 e. The number of halogens is 1. The predicted molar refractivity (Wildman–Crippen MR) is 57.0 cm³/mol. The number of benzene rings is 2. The third-order valence-electron chi connectivity index (χ3n) is 1.68. The highest BCUT2D eigenvalue weighted by atomic mass is 127. The molecule has 2 aromatic rings. The highest BCUT2D eigenvalue weighted by Gasteiger charge is 2.12. The Morgan fingerprint density at radius 1 is 0.571 bits per heavy atom. The van der Waals surface area contributed by atoms with Crippen LogP contribution >= 0.6 is 0 Å². The summed E-state index contributed by atoms with van der Waals surface area (Å²) in [6.45, 7) is 0. The monoisotopic (exact) mass is 297 g/mol. The normalized spacial score (nSPS) is 9.14. The van der Waals surface area contributed by atoms with Gasteiger partial charge in [-0.1, -0.05) is 43.8 Å². The van der Waals surface area contributed by atoms with Crippen molar-refractivity contribution in [1.82, 2.24) is 0 Å². The summed E-state index contributed by atoms with van der Waals surface area (Å²) in [5.74, 6) is 0. The second-order valence-corrected chi connectivity index (χ2v) is 5.72. The lowest BCUT2D eigenvalue weighted by Gasteiger charge is -1.84. The van der Waals surface area contributed by atoms with E-state index in [1.807, 2.05) is 0 Å². The van der Waals surface area contributed by atoms with Gasteiger partial charge in [-0.15, -0.1) is 0 Å². The molecule has 0 N–H and O–H groups in total. The summed E-state index contributed by atoms with van der Waals surface area (Å²) in [4.78, 5) is 0. The zero-order valence-corrected chi connectivity index (χ0v) is 9.31. The van der Waals surface area contributed by atoms with Crippen molar-refractivity contribution >= 4 is 0 Å². The largest absolute Gasteiger partial charge is 0.357 e. The Morgan fingerprint density at radius 2 is 0.929 bits per heavy atom. The quantitative estimate of drug-likeness (QED) is 0.706. The fourth-order valence-corrected chi connectivity index (χ4v) is 3.35. The maximum atomic E-state index is 2.21. The molecule has 0 heterocycles. The van der Waals surface area contributed by atoms with Gasteiger partial charge in [0.2, 0.25) is 0 Å². The van der Waals surface area contributed by atoms with E-state index in [1.165, 1.54) is 7.14 Å². The Kier molecular flexibility index (Phi) is 4.66. The standard InChI is InChI=1S/C12H10I.CH4/c1-3-7-11(8-4-1)13-12-9-5-2-6-10-12;/h1-10H;1H4/q+1;. The summed E-state index contributed by atoms with van der Waals surface area (Å²) in [7, 11) is 0. The lowest BCUT2D eigenvalue weighted by atomic mass is 10.4. The first-order valence-corrected chi connectivity index (χ1v) is 6.36. The molecule has 0 bridgehead atoms. The van der Waals surface area contributed by atoms with Crippen LogP contribution in [0.4, 0.5) is 0 Å². The highest BCUT2D eigenvalue weighted by Crippen LogP contribution is 1.85. The molecule has 0 spiro atoms. The minimum absolute atomic E-state index is 0. The summed E-state index contributed by atoms with van der Waals surface area (Å²) in [6.07, 6.45) is 0. The van der Waals surface area contributed by atoms with Crippen LogP contribution < -0.4 is 21.2 Å². The lowest BCUT2D eigenvalue weighted by Crippen LogP contribution is -3.61. The SMILES string of the molecule is C.c1ccc([I+]c2ccccc2)cc1. The number of hydrogen-bond donors (Lipinski definition) is 0. The zero-order chi connectivity index (χ0) is 8.93. The Bertz CT molecular complexity index is 316. The average Bonchev–Trinajstić information content (AvgIpc) is 2.21. The van der Waals surface area contributed by atoms with Gasteiger partial charge in [-0.3, -0.25) is 0 Å². The lowest BCUT2D eigenvalue weighted by molar-refractivity contribution is -0.597. The van der Waals surface area contributed by atoms with Gasteiger partial charge in [0.05, 0.1) is 0 Å². The van der Waals surface area contributed by atoms with E-state index < -0.39 is 0 Å². The van der Waals surface area contributed by atoms with Gasteiger partial charge in [-0.2, -0.15) is 0 Å². The minimum Gasteiger partial charge on any atom is -0.0776 e. The molecule has 2 aromatic carbocycles. The van der Waals surface area contributed by atoms with Crippen LogP contribution in [0.5, 0.6) is 0 Å². The molecule has 0 unspecified atom stereocenters. The van der Waals surface area contributed by atoms with Crippen molar-refractivity contribution in [3.05, 3.63) is 67.8 Å². The van der Waals surface area contributed by atoms with Crippen molar-refractivity contribution in [2.75, 3.05) is 0 Å². The van der Waals surface area contributed by atoms with Gasteiger partial charge in [0.15, 0.2) is 7.14 Å². The second kappa shape index (κ2) is 5.81. The highest BCUT2D eigenvalue weighted by molar-refractivity contribution is 5.02. The maximum absolute atomic E-state index is 2.21. The van der Waals surface area contributed by atoms with E-state index in [0.29, 0.717) is 0 Å². The first-order chi connectivity index (χ1) is 6.45. The van der Waals surface area contributed by atoms with Crippen LogP contribution in [0, 0.1) is 7.14 Å². The summed E-state index contributed by atoms with van der Waals surface area (Å²) in [5, 5.41) is 0.